The molecular weight excluding hydrogens is 362 g/mol. The molecule has 4 rings (SSSR count). The average molecular weight is 394 g/mol. The van der Waals surface area contributed by atoms with Gasteiger partial charge in [-0.25, -0.2) is 0 Å². The van der Waals surface area contributed by atoms with Gasteiger partial charge in [0.2, 0.25) is 0 Å². The first-order valence-corrected chi connectivity index (χ1v) is 10.4. The molecule has 0 spiro atoms. The van der Waals surface area contributed by atoms with Crippen LogP contribution in [0.5, 0.6) is 5.75 Å². The first-order chi connectivity index (χ1) is 14.2. The van der Waals surface area contributed by atoms with Crippen LogP contribution in [0.15, 0.2) is 60.8 Å². The fourth-order valence-corrected chi connectivity index (χ4v) is 4.20. The molecule has 1 saturated heterocycles. The van der Waals surface area contributed by atoms with Crippen molar-refractivity contribution in [3.63, 3.8) is 0 Å². The number of aromatic nitrogens is 1. The van der Waals surface area contributed by atoms with E-state index in [9.17, 15) is 5.11 Å². The zero-order valence-electron chi connectivity index (χ0n) is 17.0. The third-order valence-electron chi connectivity index (χ3n) is 5.94. The van der Waals surface area contributed by atoms with Crippen molar-refractivity contribution >= 4 is 17.0 Å². The van der Waals surface area contributed by atoms with E-state index in [1.54, 1.807) is 12.0 Å². The van der Waals surface area contributed by atoms with E-state index in [0.717, 1.165) is 61.5 Å². The predicted molar refractivity (Wildman–Crippen MR) is 116 cm³/mol. The van der Waals surface area contributed by atoms with Crippen molar-refractivity contribution in [1.82, 2.24) is 4.98 Å². The fraction of sp³-hybridized carbons (Fsp3) is 0.333. The Bertz CT molecular complexity index is 943. The van der Waals surface area contributed by atoms with Gasteiger partial charge in [0.05, 0.1) is 13.7 Å². The Hall–Kier alpha value is -2.60. The summed E-state index contributed by atoms with van der Waals surface area (Å²) >= 11 is 0. The molecule has 0 unspecified atom stereocenters. The van der Waals surface area contributed by atoms with Crippen molar-refractivity contribution in [1.29, 1.82) is 0 Å². The van der Waals surface area contributed by atoms with Crippen LogP contribution in [-0.2, 0) is 0 Å². The molecule has 1 aliphatic rings. The monoisotopic (exact) mass is 393 g/mol. The van der Waals surface area contributed by atoms with E-state index in [2.05, 4.69) is 41.4 Å². The molecule has 2 heterocycles. The first-order valence-electron chi connectivity index (χ1n) is 10.4. The molecule has 0 aliphatic carbocycles. The van der Waals surface area contributed by atoms with Crippen LogP contribution in [-0.4, -0.2) is 56.5 Å². The number of aromatic amines is 1. The van der Waals surface area contributed by atoms with Gasteiger partial charge in [-0.05, 0) is 29.8 Å². The summed E-state index contributed by atoms with van der Waals surface area (Å²) in [4.78, 5) is 6.36. The fourth-order valence-electron chi connectivity index (χ4n) is 4.20. The minimum atomic E-state index is -0.467. The molecule has 0 amide bonds. The maximum atomic E-state index is 10.9. The van der Waals surface area contributed by atoms with Crippen LogP contribution in [0.4, 0.5) is 0 Å². The molecule has 5 heteroatoms. The number of hydrogen-bond acceptors (Lipinski definition) is 2. The number of piperazine rings is 1. The van der Waals surface area contributed by atoms with Gasteiger partial charge in [-0.2, -0.15) is 0 Å². The molecule has 152 valence electrons. The van der Waals surface area contributed by atoms with Gasteiger partial charge >= 0.3 is 0 Å². The molecule has 1 aliphatic heterocycles. The van der Waals surface area contributed by atoms with E-state index >= 15 is 0 Å². The van der Waals surface area contributed by atoms with Gasteiger partial charge in [-0.1, -0.05) is 36.4 Å². The van der Waals surface area contributed by atoms with E-state index in [4.69, 9.17) is 4.74 Å². The van der Waals surface area contributed by atoms with Gasteiger partial charge in [0.25, 0.3) is 0 Å². The second-order valence-corrected chi connectivity index (χ2v) is 7.89. The molecule has 0 saturated carbocycles. The van der Waals surface area contributed by atoms with Gasteiger partial charge in [0, 0.05) is 22.7 Å². The van der Waals surface area contributed by atoms with E-state index in [0.29, 0.717) is 0 Å². The lowest BCUT2D eigenvalue weighted by Gasteiger charge is -2.30. The molecule has 4 N–H and O–H groups in total. The summed E-state index contributed by atoms with van der Waals surface area (Å²) in [7, 11) is 1.67. The SMILES string of the molecule is COc1ccc2[nH]cc([C@@H](O)C[NH+]3CC[NH+](C/C=C/c4ccccc4)CC3)c2c1. The lowest BCUT2D eigenvalue weighted by molar-refractivity contribution is -1.01. The zero-order chi connectivity index (χ0) is 20.1. The van der Waals surface area contributed by atoms with Crippen molar-refractivity contribution in [2.45, 2.75) is 6.10 Å². The van der Waals surface area contributed by atoms with Crippen LogP contribution in [0.25, 0.3) is 17.0 Å². The molecule has 0 bridgehead atoms. The molecule has 1 aromatic heterocycles. The number of ether oxygens (including phenoxy) is 1. The number of rotatable bonds is 7. The number of aliphatic hydroxyl groups is 1. The highest BCUT2D eigenvalue weighted by molar-refractivity contribution is 5.85. The van der Waals surface area contributed by atoms with Crippen LogP contribution in [0, 0.1) is 0 Å². The average Bonchev–Trinajstić information content (AvgIpc) is 3.19. The number of methoxy groups -OCH3 is 1. The van der Waals surface area contributed by atoms with Gasteiger partial charge in [-0.15, -0.1) is 0 Å². The standard InChI is InChI=1S/C24H29N3O2/c1-29-20-9-10-23-21(16-20)22(17-25-23)24(28)18-27-14-12-26(13-15-27)11-5-8-19-6-3-2-4-7-19/h2-10,16-17,24-25,28H,11-15,18H2,1H3/p+2/b8-5+/t24-/m0/s1. The number of nitrogens with one attached hydrogen (secondary N) is 3. The lowest BCUT2D eigenvalue weighted by Crippen LogP contribution is -3.28. The Labute approximate surface area is 172 Å². The summed E-state index contributed by atoms with van der Waals surface area (Å²) in [6.45, 7) is 6.28. The minimum absolute atomic E-state index is 0.467. The van der Waals surface area contributed by atoms with Crippen molar-refractivity contribution < 1.29 is 19.6 Å². The van der Waals surface area contributed by atoms with Crippen molar-refractivity contribution in [2.24, 2.45) is 0 Å². The summed E-state index contributed by atoms with van der Waals surface area (Å²) < 4.78 is 5.34. The summed E-state index contributed by atoms with van der Waals surface area (Å²) in [5, 5.41) is 11.9. The number of aliphatic hydroxyl groups excluding tert-OH is 1. The maximum absolute atomic E-state index is 10.9. The zero-order valence-corrected chi connectivity index (χ0v) is 17.0. The Morgan fingerprint density at radius 2 is 1.83 bits per heavy atom. The molecule has 0 radical (unpaired) electrons. The number of benzene rings is 2. The smallest absolute Gasteiger partial charge is 0.130 e. The van der Waals surface area contributed by atoms with Crippen molar-refractivity contribution in [2.75, 3.05) is 46.4 Å². The number of fused-ring (bicyclic) bond motifs is 1. The molecule has 1 atom stereocenters. The van der Waals surface area contributed by atoms with Gasteiger partial charge in [0.15, 0.2) is 0 Å². The Morgan fingerprint density at radius 1 is 1.07 bits per heavy atom. The summed E-state index contributed by atoms with van der Waals surface area (Å²) in [5.41, 5.74) is 3.26. The third kappa shape index (κ3) is 4.88. The molecule has 3 aromatic rings. The van der Waals surface area contributed by atoms with Crippen LogP contribution in [0.1, 0.15) is 17.2 Å². The van der Waals surface area contributed by atoms with Gasteiger partial charge < -0.3 is 24.6 Å². The minimum Gasteiger partial charge on any atom is -0.497 e. The molecule has 1 fully saturated rings. The maximum Gasteiger partial charge on any atom is 0.130 e. The second-order valence-electron chi connectivity index (χ2n) is 7.89. The Balaban J connectivity index is 1.29. The van der Waals surface area contributed by atoms with E-state index in [1.807, 2.05) is 30.5 Å². The normalized spacial score (nSPS) is 20.9. The van der Waals surface area contributed by atoms with Crippen LogP contribution < -0.4 is 14.5 Å². The van der Waals surface area contributed by atoms with Crippen LogP contribution in [0.2, 0.25) is 0 Å². The van der Waals surface area contributed by atoms with E-state index in [-0.39, 0.29) is 0 Å². The topological polar surface area (TPSA) is 54.1 Å². The van der Waals surface area contributed by atoms with Gasteiger partial charge in [-0.3, -0.25) is 0 Å². The molecule has 5 nitrogen and oxygen atoms in total. The first kappa shape index (κ1) is 19.7. The third-order valence-corrected chi connectivity index (χ3v) is 5.94. The largest absolute Gasteiger partial charge is 0.497 e. The Morgan fingerprint density at radius 3 is 2.59 bits per heavy atom. The summed E-state index contributed by atoms with van der Waals surface area (Å²) in [5.74, 6) is 0.818. The number of quaternary nitrogens is 2. The molecular formula is C24H31N3O2+2. The Kier molecular flexibility index (Phi) is 6.30. The molecule has 2 aromatic carbocycles. The van der Waals surface area contributed by atoms with Crippen molar-refractivity contribution in [3.8, 4) is 5.75 Å². The van der Waals surface area contributed by atoms with E-state index < -0.39 is 6.10 Å². The predicted octanol–water partition coefficient (Wildman–Crippen LogP) is 0.707. The quantitative estimate of drug-likeness (QED) is 0.478. The van der Waals surface area contributed by atoms with Gasteiger partial charge in [0.1, 0.15) is 44.6 Å². The van der Waals surface area contributed by atoms with Crippen molar-refractivity contribution in [3.05, 3.63) is 71.9 Å². The summed E-state index contributed by atoms with van der Waals surface area (Å²) in [6.07, 6.45) is 5.96. The highest BCUT2D eigenvalue weighted by Gasteiger charge is 2.26. The van der Waals surface area contributed by atoms with E-state index in [1.165, 1.54) is 10.5 Å². The number of H-pyrrole nitrogens is 1. The number of hydrogen-bond donors (Lipinski definition) is 4. The highest BCUT2D eigenvalue weighted by Crippen LogP contribution is 2.27. The highest BCUT2D eigenvalue weighted by atomic mass is 16.5. The lowest BCUT2D eigenvalue weighted by atomic mass is 10.1. The van der Waals surface area contributed by atoms with Crippen LogP contribution in [0.3, 0.4) is 0 Å². The van der Waals surface area contributed by atoms with Crippen LogP contribution >= 0.6 is 0 Å². The molecule has 29 heavy (non-hydrogen) atoms. The second kappa shape index (κ2) is 9.27. The summed E-state index contributed by atoms with van der Waals surface area (Å²) in [6, 6.07) is 16.4.